The zero-order valence-corrected chi connectivity index (χ0v) is 25.6. The van der Waals surface area contributed by atoms with E-state index in [1.54, 1.807) is 68.0 Å². The van der Waals surface area contributed by atoms with E-state index in [9.17, 15) is 14.0 Å². The van der Waals surface area contributed by atoms with Gasteiger partial charge < -0.3 is 10.1 Å². The zero-order valence-electron chi connectivity index (χ0n) is 24.1. The van der Waals surface area contributed by atoms with Gasteiger partial charge in [-0.15, -0.1) is 0 Å². The Morgan fingerprint density at radius 1 is 1.07 bits per heavy atom. The number of fused-ring (bicyclic) bond motifs is 1. The van der Waals surface area contributed by atoms with E-state index in [0.717, 1.165) is 0 Å². The van der Waals surface area contributed by atoms with Crippen LogP contribution < -0.4 is 5.32 Å². The van der Waals surface area contributed by atoms with Crippen LogP contribution in [-0.4, -0.2) is 43.8 Å². The first-order valence-electron chi connectivity index (χ1n) is 13.6. The van der Waals surface area contributed by atoms with E-state index in [0.29, 0.717) is 43.8 Å². The topological polar surface area (TPSA) is 89.4 Å². The number of carbonyl (C=O) groups is 2. The van der Waals surface area contributed by atoms with Gasteiger partial charge in [-0.2, -0.15) is 5.10 Å². The molecule has 0 fully saturated rings. The average molecular weight is 623 g/mol. The van der Waals surface area contributed by atoms with Gasteiger partial charge >= 0.3 is 6.09 Å². The standard InChI is InChI=1S/C32H30Cl2FN5O3/c1-19(26-7-5-6-14-36-26)37-30(41)28-24-18-39(31(42)43-32(2,3)4)17-21(15-20-8-11-23(35)12-9-20)29(24)40(38-28)27-13-10-22(33)16-25(27)34/h5-16,19H,17-18H2,1-4H3,(H,37,41). The minimum atomic E-state index is -0.739. The van der Waals surface area contributed by atoms with Gasteiger partial charge in [0.15, 0.2) is 5.69 Å². The lowest BCUT2D eigenvalue weighted by Crippen LogP contribution is -2.40. The van der Waals surface area contributed by atoms with Gasteiger partial charge in [0.2, 0.25) is 0 Å². The van der Waals surface area contributed by atoms with Crippen LogP contribution in [0.15, 0.2) is 66.9 Å². The minimum Gasteiger partial charge on any atom is -0.444 e. The Morgan fingerprint density at radius 3 is 2.47 bits per heavy atom. The van der Waals surface area contributed by atoms with Crippen molar-refractivity contribution in [2.45, 2.75) is 45.9 Å². The fraction of sp³-hybridized carbons (Fsp3) is 0.250. The third kappa shape index (κ3) is 6.89. The molecule has 1 atom stereocenters. The number of halogens is 3. The minimum absolute atomic E-state index is 0.0525. The second kappa shape index (κ2) is 12.2. The quantitative estimate of drug-likeness (QED) is 0.249. The summed E-state index contributed by atoms with van der Waals surface area (Å²) in [5.74, 6) is -0.828. The first-order chi connectivity index (χ1) is 20.4. The van der Waals surface area contributed by atoms with Gasteiger partial charge in [-0.1, -0.05) is 41.4 Å². The molecule has 43 heavy (non-hydrogen) atoms. The summed E-state index contributed by atoms with van der Waals surface area (Å²) in [6, 6.07) is 16.0. The fourth-order valence-electron chi connectivity index (χ4n) is 4.77. The highest BCUT2D eigenvalue weighted by molar-refractivity contribution is 6.35. The van der Waals surface area contributed by atoms with Crippen molar-refractivity contribution in [2.24, 2.45) is 0 Å². The molecule has 11 heteroatoms. The van der Waals surface area contributed by atoms with Crippen molar-refractivity contribution < 1.29 is 18.7 Å². The van der Waals surface area contributed by atoms with Crippen LogP contribution in [0.4, 0.5) is 9.18 Å². The largest absolute Gasteiger partial charge is 0.444 e. The Hall–Kier alpha value is -4.21. The van der Waals surface area contributed by atoms with Gasteiger partial charge in [0.25, 0.3) is 5.91 Å². The lowest BCUT2D eigenvalue weighted by Gasteiger charge is -2.32. The van der Waals surface area contributed by atoms with Gasteiger partial charge in [-0.25, -0.2) is 13.9 Å². The number of ether oxygens (including phenoxy) is 1. The van der Waals surface area contributed by atoms with E-state index in [-0.39, 0.29) is 24.6 Å². The van der Waals surface area contributed by atoms with E-state index in [1.807, 2.05) is 25.1 Å². The fourth-order valence-corrected chi connectivity index (χ4v) is 5.26. The molecule has 0 radical (unpaired) electrons. The molecule has 0 bridgehead atoms. The molecule has 2 aromatic carbocycles. The van der Waals surface area contributed by atoms with Gasteiger partial charge in [-0.05, 0) is 87.4 Å². The van der Waals surface area contributed by atoms with Crippen molar-refractivity contribution in [1.29, 1.82) is 0 Å². The molecule has 0 saturated heterocycles. The summed E-state index contributed by atoms with van der Waals surface area (Å²) >= 11 is 12.8. The maximum atomic E-state index is 13.8. The molecular weight excluding hydrogens is 592 g/mol. The smallest absolute Gasteiger partial charge is 0.410 e. The van der Waals surface area contributed by atoms with E-state index in [2.05, 4.69) is 10.3 Å². The predicted octanol–water partition coefficient (Wildman–Crippen LogP) is 7.50. The lowest BCUT2D eigenvalue weighted by molar-refractivity contribution is 0.0254. The highest BCUT2D eigenvalue weighted by Gasteiger charge is 2.36. The monoisotopic (exact) mass is 621 g/mol. The summed E-state index contributed by atoms with van der Waals surface area (Å²) in [5.41, 5.74) is 2.98. The van der Waals surface area contributed by atoms with E-state index in [4.69, 9.17) is 33.0 Å². The third-order valence-electron chi connectivity index (χ3n) is 6.69. The van der Waals surface area contributed by atoms with Crippen LogP contribution in [0.1, 0.15) is 66.7 Å². The molecule has 4 aromatic rings. The first-order valence-corrected chi connectivity index (χ1v) is 14.4. The summed E-state index contributed by atoms with van der Waals surface area (Å²) < 4.78 is 21.0. The maximum Gasteiger partial charge on any atom is 0.410 e. The Bertz CT molecular complexity index is 1700. The van der Waals surface area contributed by atoms with Crippen molar-refractivity contribution in [3.63, 3.8) is 0 Å². The van der Waals surface area contributed by atoms with Crippen LogP contribution in [0.5, 0.6) is 0 Å². The van der Waals surface area contributed by atoms with Gasteiger partial charge in [-0.3, -0.25) is 14.7 Å². The molecule has 1 unspecified atom stereocenters. The number of benzene rings is 2. The van der Waals surface area contributed by atoms with Crippen LogP contribution in [-0.2, 0) is 11.3 Å². The Morgan fingerprint density at radius 2 is 1.81 bits per heavy atom. The normalized spacial score (nSPS) is 14.8. The molecular formula is C32H30Cl2FN5O3. The van der Waals surface area contributed by atoms with Crippen molar-refractivity contribution in [2.75, 3.05) is 6.54 Å². The third-order valence-corrected chi connectivity index (χ3v) is 7.23. The number of nitrogens with one attached hydrogen (secondary N) is 1. The second-order valence-electron chi connectivity index (χ2n) is 11.2. The molecule has 2 amide bonds. The van der Waals surface area contributed by atoms with Gasteiger partial charge in [0.1, 0.15) is 11.4 Å². The molecule has 1 N–H and O–H groups in total. The molecule has 8 nitrogen and oxygen atoms in total. The summed E-state index contributed by atoms with van der Waals surface area (Å²) in [6.45, 7) is 7.38. The lowest BCUT2D eigenvalue weighted by atomic mass is 9.97. The van der Waals surface area contributed by atoms with E-state index < -0.39 is 23.6 Å². The van der Waals surface area contributed by atoms with Crippen LogP contribution in [0.3, 0.4) is 0 Å². The number of nitrogens with zero attached hydrogens (tertiary/aromatic N) is 4. The Balaban J connectivity index is 1.68. The van der Waals surface area contributed by atoms with Crippen LogP contribution in [0, 0.1) is 5.82 Å². The molecule has 1 aliphatic rings. The summed E-state index contributed by atoms with van der Waals surface area (Å²) in [5, 5.41) is 8.49. The number of rotatable bonds is 5. The zero-order chi connectivity index (χ0) is 30.9. The molecule has 0 spiro atoms. The molecule has 0 aliphatic carbocycles. The molecule has 222 valence electrons. The number of amides is 2. The summed E-state index contributed by atoms with van der Waals surface area (Å²) in [4.78, 5) is 33.0. The van der Waals surface area contributed by atoms with E-state index in [1.165, 1.54) is 17.0 Å². The van der Waals surface area contributed by atoms with Crippen LogP contribution >= 0.6 is 23.2 Å². The highest BCUT2D eigenvalue weighted by Crippen LogP contribution is 2.36. The van der Waals surface area contributed by atoms with Gasteiger partial charge in [0.05, 0.1) is 41.2 Å². The Kier molecular flexibility index (Phi) is 8.57. The molecule has 2 aromatic heterocycles. The van der Waals surface area contributed by atoms with E-state index >= 15 is 0 Å². The summed E-state index contributed by atoms with van der Waals surface area (Å²) in [7, 11) is 0. The number of pyridine rings is 1. The maximum absolute atomic E-state index is 13.8. The van der Waals surface area contributed by atoms with Crippen molar-refractivity contribution in [1.82, 2.24) is 25.0 Å². The number of hydrogen-bond acceptors (Lipinski definition) is 5. The van der Waals surface area contributed by atoms with Crippen molar-refractivity contribution in [3.05, 3.63) is 111 Å². The van der Waals surface area contributed by atoms with Crippen LogP contribution in [0.2, 0.25) is 10.0 Å². The SMILES string of the molecule is CC(NC(=O)c1nn(-c2ccc(Cl)cc2Cl)c2c1CN(C(=O)OC(C)(C)C)CC2=Cc1ccc(F)cc1)c1ccccn1. The molecule has 1 aliphatic heterocycles. The average Bonchev–Trinajstić information content (AvgIpc) is 3.33. The molecule has 3 heterocycles. The molecule has 0 saturated carbocycles. The van der Waals surface area contributed by atoms with Gasteiger partial charge in [0, 0.05) is 16.8 Å². The van der Waals surface area contributed by atoms with Crippen molar-refractivity contribution >= 4 is 46.9 Å². The highest BCUT2D eigenvalue weighted by atomic mass is 35.5. The van der Waals surface area contributed by atoms with Crippen LogP contribution in [0.25, 0.3) is 17.3 Å². The second-order valence-corrected chi connectivity index (χ2v) is 12.0. The Labute approximate surface area is 259 Å². The van der Waals surface area contributed by atoms with Crippen molar-refractivity contribution in [3.8, 4) is 5.69 Å². The summed E-state index contributed by atoms with van der Waals surface area (Å²) in [6.07, 6.45) is 2.94. The first kappa shape index (κ1) is 30.3. The molecule has 5 rings (SSSR count). The number of hydrogen-bond donors (Lipinski definition) is 1. The number of aromatic nitrogens is 3. The number of carbonyl (C=O) groups excluding carboxylic acids is 2. The predicted molar refractivity (Wildman–Crippen MR) is 165 cm³/mol.